The fraction of sp³-hybridized carbons (Fsp3) is 0.176. The molecule has 8 heteroatoms. The van der Waals surface area contributed by atoms with Gasteiger partial charge in [-0.1, -0.05) is 18.2 Å². The molecule has 0 saturated heterocycles. The van der Waals surface area contributed by atoms with E-state index in [2.05, 4.69) is 5.32 Å². The second-order valence-electron chi connectivity index (χ2n) is 5.41. The van der Waals surface area contributed by atoms with Gasteiger partial charge in [0, 0.05) is 11.9 Å². The van der Waals surface area contributed by atoms with Crippen LogP contribution in [0.2, 0.25) is 0 Å². The maximum atomic E-state index is 13.0. The van der Waals surface area contributed by atoms with Crippen molar-refractivity contribution in [3.63, 3.8) is 0 Å². The molecule has 0 aliphatic carbocycles. The van der Waals surface area contributed by atoms with Gasteiger partial charge in [0.25, 0.3) is 5.91 Å². The molecule has 1 N–H and O–H groups in total. The lowest BCUT2D eigenvalue weighted by Gasteiger charge is -2.07. The monoisotopic (exact) mass is 365 g/mol. The lowest BCUT2D eigenvalue weighted by Crippen LogP contribution is -2.21. The lowest BCUT2D eigenvalue weighted by molar-refractivity contribution is -0.119. The fourth-order valence-electron chi connectivity index (χ4n) is 2.07. The van der Waals surface area contributed by atoms with Crippen LogP contribution in [0.4, 0.5) is 10.1 Å². The first-order chi connectivity index (χ1) is 11.7. The Morgan fingerprint density at radius 2 is 1.84 bits per heavy atom. The van der Waals surface area contributed by atoms with Crippen LogP contribution in [0.1, 0.15) is 15.9 Å². The van der Waals surface area contributed by atoms with Gasteiger partial charge in [-0.3, -0.25) is 4.79 Å². The molecule has 25 heavy (non-hydrogen) atoms. The number of ether oxygens (including phenoxy) is 1. The zero-order chi connectivity index (χ0) is 18.4. The molecule has 0 aliphatic heterocycles. The maximum absolute atomic E-state index is 13.0. The summed E-state index contributed by atoms with van der Waals surface area (Å²) in [6.07, 6.45) is 1.09. The third kappa shape index (κ3) is 6.34. The van der Waals surface area contributed by atoms with Crippen LogP contribution in [0.5, 0.6) is 0 Å². The Balaban J connectivity index is 1.93. The molecule has 2 aromatic carbocycles. The van der Waals surface area contributed by atoms with Crippen molar-refractivity contribution in [1.29, 1.82) is 0 Å². The first-order valence-corrected chi connectivity index (χ1v) is 9.28. The van der Waals surface area contributed by atoms with Crippen LogP contribution in [-0.2, 0) is 25.1 Å². The Kier molecular flexibility index (Phi) is 5.87. The largest absolute Gasteiger partial charge is 0.452 e. The molecule has 6 nitrogen and oxygen atoms in total. The number of nitrogens with one attached hydrogen (secondary N) is 1. The molecular weight excluding hydrogens is 349 g/mol. The highest BCUT2D eigenvalue weighted by Gasteiger charge is 2.12. The normalized spacial score (nSPS) is 11.0. The fourth-order valence-corrected chi connectivity index (χ4v) is 2.85. The van der Waals surface area contributed by atoms with E-state index in [-0.39, 0.29) is 17.0 Å². The Bertz CT molecular complexity index is 895. The van der Waals surface area contributed by atoms with Gasteiger partial charge < -0.3 is 10.1 Å². The van der Waals surface area contributed by atoms with E-state index in [1.54, 1.807) is 6.07 Å². The Morgan fingerprint density at radius 1 is 1.12 bits per heavy atom. The third-order valence-electron chi connectivity index (χ3n) is 3.03. The number of anilines is 1. The summed E-state index contributed by atoms with van der Waals surface area (Å²) in [5, 5.41) is 2.40. The van der Waals surface area contributed by atoms with Gasteiger partial charge in [-0.05, 0) is 35.9 Å². The van der Waals surface area contributed by atoms with Crippen LogP contribution in [0.25, 0.3) is 0 Å². The summed E-state index contributed by atoms with van der Waals surface area (Å²) < 4.78 is 40.5. The molecule has 0 radical (unpaired) electrons. The number of hydrogen-bond donors (Lipinski definition) is 1. The van der Waals surface area contributed by atoms with Crippen LogP contribution in [0.15, 0.2) is 48.5 Å². The molecule has 0 bridgehead atoms. The molecule has 1 amide bonds. The number of carbonyl (C=O) groups is 2. The van der Waals surface area contributed by atoms with E-state index in [9.17, 15) is 22.4 Å². The van der Waals surface area contributed by atoms with Crippen molar-refractivity contribution < 1.29 is 27.1 Å². The highest BCUT2D eigenvalue weighted by Crippen LogP contribution is 2.11. The number of sulfone groups is 1. The summed E-state index contributed by atoms with van der Waals surface area (Å²) >= 11 is 0. The molecule has 2 rings (SSSR count). The number of halogens is 1. The van der Waals surface area contributed by atoms with Crippen molar-refractivity contribution in [2.24, 2.45) is 0 Å². The molecule has 0 fully saturated rings. The summed E-state index contributed by atoms with van der Waals surface area (Å²) in [6.45, 7) is -0.550. The predicted octanol–water partition coefficient (Wildman–Crippen LogP) is 2.17. The van der Waals surface area contributed by atoms with E-state index >= 15 is 0 Å². The molecule has 0 heterocycles. The van der Waals surface area contributed by atoms with Gasteiger partial charge in [0.1, 0.15) is 5.82 Å². The van der Waals surface area contributed by atoms with Crippen molar-refractivity contribution >= 4 is 27.4 Å². The highest BCUT2D eigenvalue weighted by atomic mass is 32.2. The van der Waals surface area contributed by atoms with E-state index in [0.717, 1.165) is 12.3 Å². The topological polar surface area (TPSA) is 89.5 Å². The molecule has 132 valence electrons. The summed E-state index contributed by atoms with van der Waals surface area (Å²) in [5.41, 5.74) is 0.831. The zero-order valence-corrected chi connectivity index (χ0v) is 14.2. The van der Waals surface area contributed by atoms with Crippen molar-refractivity contribution in [1.82, 2.24) is 0 Å². The van der Waals surface area contributed by atoms with E-state index in [0.29, 0.717) is 5.56 Å². The van der Waals surface area contributed by atoms with Crippen molar-refractivity contribution in [2.75, 3.05) is 18.2 Å². The average Bonchev–Trinajstić information content (AvgIpc) is 2.51. The van der Waals surface area contributed by atoms with Crippen LogP contribution in [0.3, 0.4) is 0 Å². The number of amides is 1. The second-order valence-corrected chi connectivity index (χ2v) is 7.55. The maximum Gasteiger partial charge on any atom is 0.338 e. The lowest BCUT2D eigenvalue weighted by atomic mass is 10.1. The minimum atomic E-state index is -3.23. The summed E-state index contributed by atoms with van der Waals surface area (Å²) in [4.78, 5) is 23.7. The molecule has 0 saturated carbocycles. The van der Waals surface area contributed by atoms with Gasteiger partial charge in [0.05, 0.1) is 11.3 Å². The Labute approximate surface area is 144 Å². The van der Waals surface area contributed by atoms with E-state index in [4.69, 9.17) is 4.74 Å². The van der Waals surface area contributed by atoms with Crippen LogP contribution < -0.4 is 5.32 Å². The number of benzene rings is 2. The van der Waals surface area contributed by atoms with Crippen LogP contribution in [-0.4, -0.2) is 33.2 Å². The van der Waals surface area contributed by atoms with Crippen molar-refractivity contribution in [2.45, 2.75) is 5.75 Å². The molecule has 0 aromatic heterocycles. The summed E-state index contributed by atoms with van der Waals surface area (Å²) in [5.74, 6) is -2.08. The van der Waals surface area contributed by atoms with Gasteiger partial charge in [0.2, 0.25) is 0 Å². The molecule has 2 aromatic rings. The van der Waals surface area contributed by atoms with E-state index in [1.165, 1.54) is 36.4 Å². The smallest absolute Gasteiger partial charge is 0.338 e. The van der Waals surface area contributed by atoms with Gasteiger partial charge >= 0.3 is 5.97 Å². The molecule has 0 atom stereocenters. The Morgan fingerprint density at radius 3 is 2.52 bits per heavy atom. The molecular formula is C17H16FNO5S. The third-order valence-corrected chi connectivity index (χ3v) is 3.89. The Hall–Kier alpha value is -2.74. The van der Waals surface area contributed by atoms with Gasteiger partial charge in [-0.15, -0.1) is 0 Å². The SMILES string of the molecule is CS(=O)(=O)Cc1cccc(C(=O)OCC(=O)Nc2cccc(F)c2)c1. The van der Waals surface area contributed by atoms with E-state index in [1.807, 2.05) is 0 Å². The minimum Gasteiger partial charge on any atom is -0.452 e. The first-order valence-electron chi connectivity index (χ1n) is 7.22. The number of rotatable bonds is 6. The quantitative estimate of drug-likeness (QED) is 0.793. The zero-order valence-electron chi connectivity index (χ0n) is 13.4. The second kappa shape index (κ2) is 7.89. The van der Waals surface area contributed by atoms with Crippen LogP contribution in [0, 0.1) is 5.82 Å². The van der Waals surface area contributed by atoms with Crippen molar-refractivity contribution in [3.05, 3.63) is 65.5 Å². The number of esters is 1. The highest BCUT2D eigenvalue weighted by molar-refractivity contribution is 7.89. The molecule has 0 unspecified atom stereocenters. The predicted molar refractivity (Wildman–Crippen MR) is 90.3 cm³/mol. The van der Waals surface area contributed by atoms with Gasteiger partial charge in [0.15, 0.2) is 16.4 Å². The van der Waals surface area contributed by atoms with Crippen LogP contribution >= 0.6 is 0 Å². The molecule has 0 spiro atoms. The first kappa shape index (κ1) is 18.6. The minimum absolute atomic E-state index is 0.139. The number of hydrogen-bond acceptors (Lipinski definition) is 5. The summed E-state index contributed by atoms with van der Waals surface area (Å²) in [6, 6.07) is 11.3. The summed E-state index contributed by atoms with van der Waals surface area (Å²) in [7, 11) is -3.23. The van der Waals surface area contributed by atoms with Gasteiger partial charge in [-0.2, -0.15) is 0 Å². The number of carbonyl (C=O) groups excluding carboxylic acids is 2. The standard InChI is InChI=1S/C17H16FNO5S/c1-25(22,23)11-12-4-2-5-13(8-12)17(21)24-10-16(20)19-15-7-3-6-14(18)9-15/h2-9H,10-11H2,1H3,(H,19,20). The van der Waals surface area contributed by atoms with E-state index < -0.39 is 34.1 Å². The van der Waals surface area contributed by atoms with Gasteiger partial charge in [-0.25, -0.2) is 17.6 Å². The average molecular weight is 365 g/mol. The molecule has 0 aliphatic rings. The van der Waals surface area contributed by atoms with Crippen molar-refractivity contribution in [3.8, 4) is 0 Å².